The van der Waals surface area contributed by atoms with E-state index in [2.05, 4.69) is 47.3 Å². The number of hydrogen-bond acceptors (Lipinski definition) is 5. The van der Waals surface area contributed by atoms with Gasteiger partial charge in [-0.2, -0.15) is 5.10 Å². The second-order valence-corrected chi connectivity index (χ2v) is 11.8. The number of benzene rings is 2. The van der Waals surface area contributed by atoms with Crippen molar-refractivity contribution in [2.45, 2.75) is 51.6 Å². The van der Waals surface area contributed by atoms with Crippen LogP contribution >= 0.6 is 0 Å². The molecule has 6 rings (SSSR count). The molecule has 0 saturated carbocycles. The van der Waals surface area contributed by atoms with E-state index in [1.165, 1.54) is 11.6 Å². The molecule has 40 heavy (non-hydrogen) atoms. The third-order valence-corrected chi connectivity index (χ3v) is 8.04. The van der Waals surface area contributed by atoms with Crippen molar-refractivity contribution in [3.63, 3.8) is 0 Å². The summed E-state index contributed by atoms with van der Waals surface area (Å²) < 4.78 is 15.5. The lowest BCUT2D eigenvalue weighted by Gasteiger charge is -2.30. The van der Waals surface area contributed by atoms with E-state index >= 15 is 4.39 Å². The van der Waals surface area contributed by atoms with E-state index in [0.717, 1.165) is 35.8 Å². The lowest BCUT2D eigenvalue weighted by molar-refractivity contribution is -0.117. The molecular formula is C31H33FN6O2. The fourth-order valence-corrected chi connectivity index (χ4v) is 5.69. The number of anilines is 1. The second kappa shape index (κ2) is 10.0. The molecule has 1 atom stereocenters. The largest absolute Gasteiger partial charge is 0.363 e. The smallest absolute Gasteiger partial charge is 0.254 e. The van der Waals surface area contributed by atoms with E-state index in [1.54, 1.807) is 22.1 Å². The number of aromatic amines is 1. The summed E-state index contributed by atoms with van der Waals surface area (Å²) in [5, 5.41) is 11.6. The Labute approximate surface area is 232 Å². The molecule has 1 saturated heterocycles. The van der Waals surface area contributed by atoms with Crippen LogP contribution in [0.5, 0.6) is 0 Å². The van der Waals surface area contributed by atoms with Crippen molar-refractivity contribution in [3.05, 3.63) is 76.7 Å². The number of aromatic nitrogens is 3. The Morgan fingerprint density at radius 2 is 1.98 bits per heavy atom. The topological polar surface area (TPSA) is 94.2 Å². The Hall–Kier alpha value is -4.27. The van der Waals surface area contributed by atoms with Crippen molar-refractivity contribution >= 4 is 29.2 Å². The highest BCUT2D eigenvalue weighted by Gasteiger charge is 2.27. The van der Waals surface area contributed by atoms with Crippen molar-refractivity contribution in [3.8, 4) is 11.1 Å². The van der Waals surface area contributed by atoms with Crippen LogP contribution in [0.15, 0.2) is 48.7 Å². The maximum absolute atomic E-state index is 15.5. The van der Waals surface area contributed by atoms with E-state index in [0.29, 0.717) is 47.8 Å². The van der Waals surface area contributed by atoms with Gasteiger partial charge in [-0.1, -0.05) is 45.0 Å². The van der Waals surface area contributed by atoms with Gasteiger partial charge in [0.25, 0.3) is 5.91 Å². The maximum Gasteiger partial charge on any atom is 0.254 e. The maximum atomic E-state index is 15.5. The highest BCUT2D eigenvalue weighted by molar-refractivity contribution is 6.00. The molecule has 0 radical (unpaired) electrons. The molecule has 4 aromatic rings. The number of nitrogens with one attached hydrogen (secondary N) is 2. The Balaban J connectivity index is 1.23. The highest BCUT2D eigenvalue weighted by Crippen LogP contribution is 2.34. The zero-order valence-electron chi connectivity index (χ0n) is 23.0. The number of nitrogens with zero attached hydrogens (tertiary/aromatic N) is 4. The van der Waals surface area contributed by atoms with Crippen LogP contribution in [-0.4, -0.2) is 63.0 Å². The molecule has 0 bridgehead atoms. The Morgan fingerprint density at radius 3 is 2.73 bits per heavy atom. The molecule has 2 aromatic carbocycles. The first-order valence-electron chi connectivity index (χ1n) is 13.7. The van der Waals surface area contributed by atoms with Crippen molar-refractivity contribution in [2.24, 2.45) is 0 Å². The molecule has 2 aliphatic heterocycles. The van der Waals surface area contributed by atoms with E-state index in [4.69, 9.17) is 0 Å². The molecule has 9 heteroatoms. The van der Waals surface area contributed by atoms with Crippen LogP contribution in [0.4, 0.5) is 10.2 Å². The van der Waals surface area contributed by atoms with Crippen LogP contribution in [0.3, 0.4) is 0 Å². The third-order valence-electron chi connectivity index (χ3n) is 8.04. The second-order valence-electron chi connectivity index (χ2n) is 11.8. The number of rotatable bonds is 6. The molecule has 0 unspecified atom stereocenters. The average molecular weight is 541 g/mol. The quantitative estimate of drug-likeness (QED) is 0.339. The molecule has 4 heterocycles. The number of H-pyrrole nitrogens is 1. The predicted octanol–water partition coefficient (Wildman–Crippen LogP) is 4.90. The normalized spacial score (nSPS) is 17.4. The molecular weight excluding hydrogens is 507 g/mol. The fourth-order valence-electron chi connectivity index (χ4n) is 5.69. The number of fused-ring (bicyclic) bond motifs is 2. The zero-order chi connectivity index (χ0) is 28.0. The summed E-state index contributed by atoms with van der Waals surface area (Å²) in [6, 6.07) is 13.2. The lowest BCUT2D eigenvalue weighted by Crippen LogP contribution is -2.37. The number of carbonyl (C=O) groups excluding carboxylic acids is 2. The molecule has 2 amide bonds. The minimum Gasteiger partial charge on any atom is -0.363 e. The first kappa shape index (κ1) is 26.0. The predicted molar refractivity (Wildman–Crippen MR) is 153 cm³/mol. The summed E-state index contributed by atoms with van der Waals surface area (Å²) >= 11 is 0. The Kier molecular flexibility index (Phi) is 6.52. The van der Waals surface area contributed by atoms with E-state index in [-0.39, 0.29) is 29.7 Å². The summed E-state index contributed by atoms with van der Waals surface area (Å²) in [5.41, 5.74) is 5.56. The number of amides is 2. The Bertz CT molecular complexity index is 1610. The minimum absolute atomic E-state index is 0.0157. The van der Waals surface area contributed by atoms with Gasteiger partial charge < -0.3 is 15.1 Å². The van der Waals surface area contributed by atoms with Crippen molar-refractivity contribution in [2.75, 3.05) is 25.0 Å². The first-order valence-corrected chi connectivity index (χ1v) is 13.7. The highest BCUT2D eigenvalue weighted by atomic mass is 19.1. The molecule has 2 aromatic heterocycles. The number of carbonyl (C=O) groups is 2. The first-order chi connectivity index (χ1) is 19.2. The molecule has 206 valence electrons. The molecule has 2 N–H and O–H groups in total. The van der Waals surface area contributed by atoms with Gasteiger partial charge in [0.15, 0.2) is 11.5 Å². The van der Waals surface area contributed by atoms with E-state index < -0.39 is 0 Å². The lowest BCUT2D eigenvalue weighted by atomic mass is 9.84. The van der Waals surface area contributed by atoms with Gasteiger partial charge >= 0.3 is 0 Å². The van der Waals surface area contributed by atoms with Crippen LogP contribution in [0.2, 0.25) is 0 Å². The van der Waals surface area contributed by atoms with Gasteiger partial charge in [-0.15, -0.1) is 0 Å². The van der Waals surface area contributed by atoms with Crippen LogP contribution < -0.4 is 5.32 Å². The van der Waals surface area contributed by atoms with E-state index in [9.17, 15) is 9.59 Å². The number of halogens is 1. The van der Waals surface area contributed by atoms with Crippen molar-refractivity contribution < 1.29 is 14.0 Å². The van der Waals surface area contributed by atoms with Crippen molar-refractivity contribution in [1.82, 2.24) is 25.0 Å². The average Bonchev–Trinajstić information content (AvgIpc) is 3.57. The van der Waals surface area contributed by atoms with Gasteiger partial charge in [-0.25, -0.2) is 9.37 Å². The number of hydrogen-bond donors (Lipinski definition) is 2. The van der Waals surface area contributed by atoms with Gasteiger partial charge in [0.05, 0.1) is 5.39 Å². The molecule has 2 aliphatic rings. The zero-order valence-corrected chi connectivity index (χ0v) is 23.0. The summed E-state index contributed by atoms with van der Waals surface area (Å²) in [6.07, 6.45) is 4.11. The van der Waals surface area contributed by atoms with Gasteiger partial charge in [-0.05, 0) is 58.7 Å². The monoisotopic (exact) mass is 540 g/mol. The third kappa shape index (κ3) is 4.80. The van der Waals surface area contributed by atoms with Crippen LogP contribution in [0, 0.1) is 5.82 Å². The molecule has 0 aliphatic carbocycles. The van der Waals surface area contributed by atoms with Crippen LogP contribution in [0.1, 0.15) is 54.2 Å². The summed E-state index contributed by atoms with van der Waals surface area (Å²) in [7, 11) is 0. The molecule has 1 fully saturated rings. The van der Waals surface area contributed by atoms with Crippen LogP contribution in [0.25, 0.3) is 22.2 Å². The fraction of sp³-hybridized carbons (Fsp3) is 0.355. The number of likely N-dealkylation sites (tertiary alicyclic amines) is 1. The minimum atomic E-state index is -0.362. The SMILES string of the molecule is CC(C)(C)c1ccc2c(c1)CCN(Cc1ccc(-c3ccnc4[nH]nc(N[C@@H]5CCN(C=O)C5)c34)cc1F)C2=O. The summed E-state index contributed by atoms with van der Waals surface area (Å²) in [5.74, 6) is 0.210. The van der Waals surface area contributed by atoms with Gasteiger partial charge in [0.2, 0.25) is 6.41 Å². The standard InChI is InChI=1S/C31H33FN6O2/c1-31(2,3)22-6-7-25-20(14-22)9-13-38(30(25)40)16-21-5-4-19(15-26(21)32)24-8-11-33-28-27(24)29(36-35-28)34-23-10-12-37(17-23)18-39/h4-8,11,14-15,18,23H,9-10,12-13,16-17H2,1-3H3,(H2,33,34,35,36)/t23-/m1/s1. The summed E-state index contributed by atoms with van der Waals surface area (Å²) in [6.45, 7) is 8.56. The van der Waals surface area contributed by atoms with Crippen LogP contribution in [-0.2, 0) is 23.2 Å². The van der Waals surface area contributed by atoms with Crippen molar-refractivity contribution in [1.29, 1.82) is 0 Å². The summed E-state index contributed by atoms with van der Waals surface area (Å²) in [4.78, 5) is 32.2. The van der Waals surface area contributed by atoms with Gasteiger partial charge in [0.1, 0.15) is 5.82 Å². The van der Waals surface area contributed by atoms with E-state index in [1.807, 2.05) is 24.3 Å². The molecule has 8 nitrogen and oxygen atoms in total. The Morgan fingerprint density at radius 1 is 1.12 bits per heavy atom. The molecule has 0 spiro atoms. The number of pyridine rings is 1. The van der Waals surface area contributed by atoms with Gasteiger partial charge in [0, 0.05) is 49.5 Å². The van der Waals surface area contributed by atoms with Gasteiger partial charge in [-0.3, -0.25) is 14.7 Å².